The summed E-state index contributed by atoms with van der Waals surface area (Å²) < 4.78 is 5.70. The number of nitrogens with zero attached hydrogens (tertiary/aromatic N) is 1. The Balaban J connectivity index is 1.76. The maximum Gasteiger partial charge on any atom is 0.122 e. The van der Waals surface area contributed by atoms with Crippen LogP contribution in [0.3, 0.4) is 0 Å². The van der Waals surface area contributed by atoms with Crippen molar-refractivity contribution in [3.05, 3.63) is 29.8 Å². The van der Waals surface area contributed by atoms with Crippen LogP contribution in [0.1, 0.15) is 18.4 Å². The van der Waals surface area contributed by atoms with Crippen molar-refractivity contribution < 1.29 is 4.74 Å². The van der Waals surface area contributed by atoms with E-state index in [4.69, 9.17) is 10.5 Å². The molecular formula is C13H16N2O. The van der Waals surface area contributed by atoms with Gasteiger partial charge in [-0.25, -0.2) is 0 Å². The molecule has 1 aromatic rings. The van der Waals surface area contributed by atoms with Crippen LogP contribution in [0.25, 0.3) is 0 Å². The van der Waals surface area contributed by atoms with Crippen molar-refractivity contribution in [3.63, 3.8) is 0 Å². The Kier molecular flexibility index (Phi) is 2.31. The van der Waals surface area contributed by atoms with Gasteiger partial charge >= 0.3 is 0 Å². The second-order valence-corrected chi connectivity index (χ2v) is 4.60. The number of aliphatic imine (C=N–C) groups is 1. The topological polar surface area (TPSA) is 47.6 Å². The van der Waals surface area contributed by atoms with Gasteiger partial charge in [0.2, 0.25) is 0 Å². The molecule has 84 valence electrons. The standard InChI is InChI=1S/C13H16N2O/c14-13(15-11-5-6-11)10-7-9-3-1-2-4-12(9)16-8-10/h1-4,10-11H,5-8H2,(H2,14,15). The average Bonchev–Trinajstić information content (AvgIpc) is 3.12. The highest BCUT2D eigenvalue weighted by atomic mass is 16.5. The summed E-state index contributed by atoms with van der Waals surface area (Å²) in [4.78, 5) is 4.50. The van der Waals surface area contributed by atoms with Gasteiger partial charge in [-0.1, -0.05) is 18.2 Å². The summed E-state index contributed by atoms with van der Waals surface area (Å²) in [6.07, 6.45) is 3.36. The van der Waals surface area contributed by atoms with Crippen molar-refractivity contribution in [3.8, 4) is 5.75 Å². The van der Waals surface area contributed by atoms with Crippen LogP contribution >= 0.6 is 0 Å². The van der Waals surface area contributed by atoms with Gasteiger partial charge in [-0.15, -0.1) is 0 Å². The van der Waals surface area contributed by atoms with Crippen LogP contribution in [0.5, 0.6) is 5.75 Å². The van der Waals surface area contributed by atoms with E-state index in [1.165, 1.54) is 18.4 Å². The first-order valence-corrected chi connectivity index (χ1v) is 5.87. The lowest BCUT2D eigenvalue weighted by Crippen LogP contribution is -2.33. The largest absolute Gasteiger partial charge is 0.493 e. The number of hydrogen-bond donors (Lipinski definition) is 1. The van der Waals surface area contributed by atoms with E-state index in [-0.39, 0.29) is 5.92 Å². The zero-order chi connectivity index (χ0) is 11.0. The molecule has 2 N–H and O–H groups in total. The minimum atomic E-state index is 0.260. The SMILES string of the molecule is NC(=NC1CC1)C1COc2ccccc2C1. The lowest BCUT2D eigenvalue weighted by atomic mass is 9.96. The van der Waals surface area contributed by atoms with Crippen molar-refractivity contribution in [2.24, 2.45) is 16.6 Å². The fourth-order valence-corrected chi connectivity index (χ4v) is 2.04. The van der Waals surface area contributed by atoms with Crippen LogP contribution in [-0.4, -0.2) is 18.5 Å². The van der Waals surface area contributed by atoms with Gasteiger partial charge in [0.25, 0.3) is 0 Å². The third-order valence-corrected chi connectivity index (χ3v) is 3.18. The summed E-state index contributed by atoms with van der Waals surface area (Å²) in [5.41, 5.74) is 7.26. The molecule has 0 aromatic heterocycles. The molecule has 16 heavy (non-hydrogen) atoms. The fraction of sp³-hybridized carbons (Fsp3) is 0.462. The molecule has 2 aliphatic rings. The summed E-state index contributed by atoms with van der Waals surface area (Å²) in [7, 11) is 0. The lowest BCUT2D eigenvalue weighted by molar-refractivity contribution is 0.258. The first-order valence-electron chi connectivity index (χ1n) is 5.87. The first kappa shape index (κ1) is 9.70. The Labute approximate surface area is 95.3 Å². The van der Waals surface area contributed by atoms with Crippen molar-refractivity contribution >= 4 is 5.84 Å². The molecule has 1 aliphatic heterocycles. The third-order valence-electron chi connectivity index (χ3n) is 3.18. The maximum absolute atomic E-state index is 6.02. The summed E-state index contributed by atoms with van der Waals surface area (Å²) >= 11 is 0. The van der Waals surface area contributed by atoms with Crippen LogP contribution in [0.15, 0.2) is 29.3 Å². The molecule has 3 nitrogen and oxygen atoms in total. The quantitative estimate of drug-likeness (QED) is 0.605. The number of ether oxygens (including phenoxy) is 1. The zero-order valence-electron chi connectivity index (χ0n) is 9.23. The fourth-order valence-electron chi connectivity index (χ4n) is 2.04. The lowest BCUT2D eigenvalue weighted by Gasteiger charge is -2.24. The number of amidine groups is 1. The molecule has 0 amide bonds. The second-order valence-electron chi connectivity index (χ2n) is 4.60. The normalized spacial score (nSPS) is 24.8. The van der Waals surface area contributed by atoms with Crippen LogP contribution in [0.2, 0.25) is 0 Å². The number of benzene rings is 1. The van der Waals surface area contributed by atoms with E-state index in [9.17, 15) is 0 Å². The van der Waals surface area contributed by atoms with Crippen molar-refractivity contribution in [1.82, 2.24) is 0 Å². The number of hydrogen-bond acceptors (Lipinski definition) is 2. The molecule has 1 aromatic carbocycles. The Morgan fingerprint density at radius 3 is 2.94 bits per heavy atom. The highest BCUT2D eigenvalue weighted by Crippen LogP contribution is 2.28. The number of rotatable bonds is 2. The van der Waals surface area contributed by atoms with Crippen LogP contribution in [0, 0.1) is 5.92 Å². The summed E-state index contributed by atoms with van der Waals surface area (Å²) in [6.45, 7) is 0.666. The smallest absolute Gasteiger partial charge is 0.122 e. The van der Waals surface area contributed by atoms with Gasteiger partial charge in [-0.05, 0) is 30.9 Å². The molecule has 3 heteroatoms. The van der Waals surface area contributed by atoms with Crippen LogP contribution in [-0.2, 0) is 6.42 Å². The highest BCUT2D eigenvalue weighted by Gasteiger charge is 2.26. The van der Waals surface area contributed by atoms with Gasteiger partial charge in [0.1, 0.15) is 11.6 Å². The Bertz CT molecular complexity index is 424. The minimum Gasteiger partial charge on any atom is -0.493 e. The number of fused-ring (bicyclic) bond motifs is 1. The Morgan fingerprint density at radius 2 is 2.12 bits per heavy atom. The molecule has 1 saturated carbocycles. The van der Waals surface area contributed by atoms with E-state index < -0.39 is 0 Å². The van der Waals surface area contributed by atoms with Gasteiger partial charge in [0, 0.05) is 0 Å². The minimum absolute atomic E-state index is 0.260. The predicted molar refractivity (Wildman–Crippen MR) is 63.8 cm³/mol. The summed E-state index contributed by atoms with van der Waals surface area (Å²) in [6, 6.07) is 8.66. The van der Waals surface area contributed by atoms with E-state index in [2.05, 4.69) is 11.1 Å². The van der Waals surface area contributed by atoms with Gasteiger partial charge in [0.05, 0.1) is 18.6 Å². The van der Waals surface area contributed by atoms with Crippen molar-refractivity contribution in [2.45, 2.75) is 25.3 Å². The number of nitrogens with two attached hydrogens (primary N) is 1. The predicted octanol–water partition coefficient (Wildman–Crippen LogP) is 1.76. The third kappa shape index (κ3) is 1.90. The molecule has 3 rings (SSSR count). The maximum atomic E-state index is 6.02. The van der Waals surface area contributed by atoms with Gasteiger partial charge < -0.3 is 10.5 Å². The zero-order valence-corrected chi connectivity index (χ0v) is 9.23. The van der Waals surface area contributed by atoms with E-state index >= 15 is 0 Å². The molecular weight excluding hydrogens is 200 g/mol. The monoisotopic (exact) mass is 216 g/mol. The van der Waals surface area contributed by atoms with Gasteiger partial charge in [-0.2, -0.15) is 0 Å². The van der Waals surface area contributed by atoms with Gasteiger partial charge in [-0.3, -0.25) is 4.99 Å². The summed E-state index contributed by atoms with van der Waals surface area (Å²) in [5, 5.41) is 0. The van der Waals surface area contributed by atoms with Crippen molar-refractivity contribution in [2.75, 3.05) is 6.61 Å². The second kappa shape index (κ2) is 3.81. The molecule has 1 unspecified atom stereocenters. The van der Waals surface area contributed by atoms with E-state index in [0.717, 1.165) is 18.0 Å². The van der Waals surface area contributed by atoms with Gasteiger partial charge in [0.15, 0.2) is 0 Å². The number of para-hydroxylation sites is 1. The van der Waals surface area contributed by atoms with Crippen molar-refractivity contribution in [1.29, 1.82) is 0 Å². The van der Waals surface area contributed by atoms with Crippen LogP contribution < -0.4 is 10.5 Å². The molecule has 1 heterocycles. The summed E-state index contributed by atoms with van der Waals surface area (Å²) in [5.74, 6) is 2.03. The highest BCUT2D eigenvalue weighted by molar-refractivity contribution is 5.84. The van der Waals surface area contributed by atoms with E-state index in [0.29, 0.717) is 12.6 Å². The Hall–Kier alpha value is -1.51. The van der Waals surface area contributed by atoms with E-state index in [1.54, 1.807) is 0 Å². The molecule has 0 saturated heterocycles. The molecule has 0 bridgehead atoms. The van der Waals surface area contributed by atoms with Crippen LogP contribution in [0.4, 0.5) is 0 Å². The Morgan fingerprint density at radius 1 is 1.31 bits per heavy atom. The molecule has 1 aliphatic carbocycles. The molecule has 1 fully saturated rings. The first-order chi connectivity index (χ1) is 7.83. The van der Waals surface area contributed by atoms with E-state index in [1.807, 2.05) is 18.2 Å². The molecule has 0 spiro atoms. The molecule has 1 atom stereocenters. The molecule has 0 radical (unpaired) electrons. The average molecular weight is 216 g/mol.